The van der Waals surface area contributed by atoms with Gasteiger partial charge in [-0.1, -0.05) is 0 Å². The Bertz CT molecular complexity index is 144. The Kier molecular flexibility index (Phi) is 2.33. The number of rotatable bonds is 3. The molecular weight excluding hydrogens is 116 g/mol. The zero-order valence-corrected chi connectivity index (χ0v) is 5.17. The fourth-order valence-corrected chi connectivity index (χ4v) is 0.567. The molecule has 49 valence electrons. The van der Waals surface area contributed by atoms with Crippen LogP contribution in [0.2, 0.25) is 0 Å². The van der Waals surface area contributed by atoms with Crippen molar-refractivity contribution < 1.29 is 9.15 Å². The van der Waals surface area contributed by atoms with Crippen LogP contribution in [-0.4, -0.2) is 6.61 Å². The molecule has 0 aromatic carbocycles. The number of furan rings is 1. The van der Waals surface area contributed by atoms with Gasteiger partial charge in [0.1, 0.15) is 12.4 Å². The standard InChI is InChI=1S/C7H9O2/c1-2-8-6-7-4-3-5-9-7/h3-5H,1-2,6H2. The molecule has 9 heavy (non-hydrogen) atoms. The summed E-state index contributed by atoms with van der Waals surface area (Å²) in [5, 5.41) is 0. The minimum atomic E-state index is 0.487. The summed E-state index contributed by atoms with van der Waals surface area (Å²) in [6.45, 7) is 4.53. The van der Waals surface area contributed by atoms with Gasteiger partial charge < -0.3 is 9.15 Å². The van der Waals surface area contributed by atoms with Crippen LogP contribution in [0.3, 0.4) is 0 Å². The minimum Gasteiger partial charge on any atom is -0.467 e. The fraction of sp³-hybridized carbons (Fsp3) is 0.286. The van der Waals surface area contributed by atoms with Gasteiger partial charge in [0.05, 0.1) is 6.26 Å². The van der Waals surface area contributed by atoms with E-state index in [1.807, 2.05) is 12.1 Å². The van der Waals surface area contributed by atoms with Crippen LogP contribution >= 0.6 is 0 Å². The van der Waals surface area contributed by atoms with Crippen LogP contribution in [-0.2, 0) is 11.3 Å². The molecule has 0 atom stereocenters. The Labute approximate surface area is 54.4 Å². The monoisotopic (exact) mass is 125 g/mol. The van der Waals surface area contributed by atoms with Crippen LogP contribution in [0.4, 0.5) is 0 Å². The van der Waals surface area contributed by atoms with Crippen LogP contribution in [0.15, 0.2) is 22.8 Å². The number of hydrogen-bond acceptors (Lipinski definition) is 2. The Morgan fingerprint density at radius 1 is 1.67 bits per heavy atom. The maximum absolute atomic E-state index is 4.98. The van der Waals surface area contributed by atoms with Crippen LogP contribution in [0.1, 0.15) is 5.76 Å². The van der Waals surface area contributed by atoms with Crippen LogP contribution in [0.25, 0.3) is 0 Å². The minimum absolute atomic E-state index is 0.487. The van der Waals surface area contributed by atoms with E-state index in [1.54, 1.807) is 6.26 Å². The molecule has 0 aliphatic rings. The average Bonchev–Trinajstić information content (AvgIpc) is 2.34. The number of ether oxygens (including phenoxy) is 1. The maximum Gasteiger partial charge on any atom is 0.129 e. The second kappa shape index (κ2) is 3.30. The summed E-state index contributed by atoms with van der Waals surface area (Å²) in [5.41, 5.74) is 0. The van der Waals surface area contributed by atoms with Gasteiger partial charge in [-0.05, 0) is 19.1 Å². The van der Waals surface area contributed by atoms with Crippen molar-refractivity contribution in [1.29, 1.82) is 0 Å². The summed E-state index contributed by atoms with van der Waals surface area (Å²) >= 11 is 0. The van der Waals surface area contributed by atoms with Crippen molar-refractivity contribution in [3.8, 4) is 0 Å². The first-order chi connectivity index (χ1) is 4.43. The predicted octanol–water partition coefficient (Wildman–Crippen LogP) is 1.63. The Balaban J connectivity index is 2.30. The molecule has 0 bridgehead atoms. The van der Waals surface area contributed by atoms with Crippen molar-refractivity contribution in [3.63, 3.8) is 0 Å². The Hall–Kier alpha value is -0.760. The summed E-state index contributed by atoms with van der Waals surface area (Å²) in [5.74, 6) is 0.846. The van der Waals surface area contributed by atoms with Crippen LogP contribution in [0, 0.1) is 6.92 Å². The maximum atomic E-state index is 4.98. The Morgan fingerprint density at radius 2 is 2.56 bits per heavy atom. The first-order valence-electron chi connectivity index (χ1n) is 2.83. The summed E-state index contributed by atoms with van der Waals surface area (Å²) < 4.78 is 9.96. The van der Waals surface area contributed by atoms with E-state index in [0.29, 0.717) is 13.2 Å². The SMILES string of the molecule is [CH2]COCc1ccco1. The molecule has 0 saturated heterocycles. The molecule has 0 N–H and O–H groups in total. The largest absolute Gasteiger partial charge is 0.467 e. The van der Waals surface area contributed by atoms with Gasteiger partial charge in [0.2, 0.25) is 0 Å². The molecule has 1 heterocycles. The van der Waals surface area contributed by atoms with E-state index in [0.717, 1.165) is 5.76 Å². The van der Waals surface area contributed by atoms with E-state index in [4.69, 9.17) is 9.15 Å². The van der Waals surface area contributed by atoms with Gasteiger partial charge in [-0.15, -0.1) is 0 Å². The van der Waals surface area contributed by atoms with Crippen molar-refractivity contribution in [2.24, 2.45) is 0 Å². The van der Waals surface area contributed by atoms with E-state index in [9.17, 15) is 0 Å². The zero-order valence-electron chi connectivity index (χ0n) is 5.17. The molecule has 0 unspecified atom stereocenters. The molecule has 1 rings (SSSR count). The second-order valence-electron chi connectivity index (χ2n) is 1.63. The summed E-state index contributed by atoms with van der Waals surface area (Å²) in [6, 6.07) is 3.71. The lowest BCUT2D eigenvalue weighted by Crippen LogP contribution is -1.88. The fourth-order valence-electron chi connectivity index (χ4n) is 0.567. The smallest absolute Gasteiger partial charge is 0.129 e. The highest BCUT2D eigenvalue weighted by atomic mass is 16.5. The zero-order chi connectivity index (χ0) is 6.53. The normalized spacial score (nSPS) is 9.89. The molecule has 0 fully saturated rings. The lowest BCUT2D eigenvalue weighted by atomic mass is 10.5. The quantitative estimate of drug-likeness (QED) is 0.612. The number of hydrogen-bond donors (Lipinski definition) is 0. The summed E-state index contributed by atoms with van der Waals surface area (Å²) in [4.78, 5) is 0. The molecule has 0 spiro atoms. The molecule has 2 nitrogen and oxygen atoms in total. The second-order valence-corrected chi connectivity index (χ2v) is 1.63. The van der Waals surface area contributed by atoms with Crippen molar-refractivity contribution >= 4 is 0 Å². The third kappa shape index (κ3) is 1.90. The third-order valence-corrected chi connectivity index (χ3v) is 0.969. The highest BCUT2D eigenvalue weighted by molar-refractivity contribution is 4.95. The molecule has 0 saturated carbocycles. The van der Waals surface area contributed by atoms with Gasteiger partial charge in [0.25, 0.3) is 0 Å². The molecule has 1 radical (unpaired) electrons. The molecule has 0 amide bonds. The average molecular weight is 125 g/mol. The molecule has 1 aromatic heterocycles. The predicted molar refractivity (Wildman–Crippen MR) is 33.7 cm³/mol. The highest BCUT2D eigenvalue weighted by Crippen LogP contribution is 2.00. The van der Waals surface area contributed by atoms with E-state index in [-0.39, 0.29) is 0 Å². The Morgan fingerprint density at radius 3 is 3.11 bits per heavy atom. The molecule has 0 aliphatic heterocycles. The highest BCUT2D eigenvalue weighted by Gasteiger charge is 1.91. The van der Waals surface area contributed by atoms with Crippen molar-refractivity contribution in [1.82, 2.24) is 0 Å². The summed E-state index contributed by atoms with van der Waals surface area (Å²) in [6.07, 6.45) is 1.63. The van der Waals surface area contributed by atoms with E-state index in [2.05, 4.69) is 6.92 Å². The summed E-state index contributed by atoms with van der Waals surface area (Å²) in [7, 11) is 0. The van der Waals surface area contributed by atoms with E-state index < -0.39 is 0 Å². The van der Waals surface area contributed by atoms with Crippen LogP contribution < -0.4 is 0 Å². The van der Waals surface area contributed by atoms with Gasteiger partial charge in [-0.3, -0.25) is 0 Å². The van der Waals surface area contributed by atoms with Gasteiger partial charge in [-0.25, -0.2) is 0 Å². The van der Waals surface area contributed by atoms with E-state index in [1.165, 1.54) is 0 Å². The van der Waals surface area contributed by atoms with Crippen LogP contribution in [0.5, 0.6) is 0 Å². The molecular formula is C7H9O2. The van der Waals surface area contributed by atoms with Crippen molar-refractivity contribution in [2.75, 3.05) is 6.61 Å². The first kappa shape index (κ1) is 6.36. The lowest BCUT2D eigenvalue weighted by Gasteiger charge is -1.93. The van der Waals surface area contributed by atoms with Gasteiger partial charge >= 0.3 is 0 Å². The van der Waals surface area contributed by atoms with Gasteiger partial charge in [0, 0.05) is 6.61 Å². The van der Waals surface area contributed by atoms with E-state index >= 15 is 0 Å². The molecule has 1 aromatic rings. The molecule has 0 aliphatic carbocycles. The third-order valence-electron chi connectivity index (χ3n) is 0.969. The van der Waals surface area contributed by atoms with Crippen molar-refractivity contribution in [3.05, 3.63) is 31.1 Å². The lowest BCUT2D eigenvalue weighted by molar-refractivity contribution is 0.130. The van der Waals surface area contributed by atoms with Crippen molar-refractivity contribution in [2.45, 2.75) is 6.61 Å². The van der Waals surface area contributed by atoms with Gasteiger partial charge in [0.15, 0.2) is 0 Å². The topological polar surface area (TPSA) is 22.4 Å². The first-order valence-corrected chi connectivity index (χ1v) is 2.83. The van der Waals surface area contributed by atoms with Gasteiger partial charge in [-0.2, -0.15) is 0 Å². The molecule has 2 heteroatoms.